The number of esters is 1. The molecule has 0 radical (unpaired) electrons. The van der Waals surface area contributed by atoms with Crippen LogP contribution in [0.1, 0.15) is 20.8 Å². The molecule has 22 heavy (non-hydrogen) atoms. The zero-order chi connectivity index (χ0) is 16.5. The first kappa shape index (κ1) is 15.8. The molecule has 1 N–H and O–H groups in total. The average Bonchev–Trinajstić information content (AvgIpc) is 2.39. The van der Waals surface area contributed by atoms with Gasteiger partial charge in [0.05, 0.1) is 24.3 Å². The molecule has 118 valence electrons. The Balaban J connectivity index is 2.40. The van der Waals surface area contributed by atoms with Gasteiger partial charge in [-0.25, -0.2) is 4.98 Å². The molecule has 0 bridgehead atoms. The van der Waals surface area contributed by atoms with Crippen LogP contribution in [0.4, 0.5) is 0 Å². The molecule has 0 aliphatic heterocycles. The fraction of sp³-hybridized carbons (Fsp3) is 0.400. The van der Waals surface area contributed by atoms with Gasteiger partial charge in [-0.15, -0.1) is 0 Å². The number of aromatic hydroxyl groups is 1. The van der Waals surface area contributed by atoms with Crippen LogP contribution in [0.15, 0.2) is 23.3 Å². The molecule has 0 amide bonds. The number of carbonyl (C=O) groups excluding carboxylic acids is 1. The van der Waals surface area contributed by atoms with Crippen molar-refractivity contribution in [3.05, 3.63) is 28.8 Å². The maximum Gasteiger partial charge on any atom is 0.326 e. The third-order valence-electron chi connectivity index (χ3n) is 2.84. The van der Waals surface area contributed by atoms with E-state index in [0.29, 0.717) is 5.52 Å². The van der Waals surface area contributed by atoms with Gasteiger partial charge >= 0.3 is 5.97 Å². The number of nitrogens with zero attached hydrogens (tertiary/aromatic N) is 2. The Hall–Kier alpha value is -2.57. The van der Waals surface area contributed by atoms with Gasteiger partial charge in [0.15, 0.2) is 11.5 Å². The lowest BCUT2D eigenvalue weighted by Crippen LogP contribution is -2.30. The van der Waals surface area contributed by atoms with Crippen LogP contribution in [0.25, 0.3) is 10.9 Å². The number of methoxy groups -OCH3 is 1. The van der Waals surface area contributed by atoms with E-state index in [1.165, 1.54) is 25.6 Å². The second-order valence-electron chi connectivity index (χ2n) is 5.81. The van der Waals surface area contributed by atoms with Crippen molar-refractivity contribution in [2.75, 3.05) is 7.11 Å². The Kier molecular flexibility index (Phi) is 4.07. The number of hydrogen-bond acceptors (Lipinski definition) is 6. The molecule has 0 aliphatic rings. The van der Waals surface area contributed by atoms with Gasteiger partial charge in [0, 0.05) is 6.07 Å². The molecule has 0 aliphatic carbocycles. The lowest BCUT2D eigenvalue weighted by atomic mass is 10.2. The molecule has 0 unspecified atom stereocenters. The molecule has 0 atom stereocenters. The Morgan fingerprint density at radius 3 is 2.64 bits per heavy atom. The van der Waals surface area contributed by atoms with Crippen LogP contribution in [0, 0.1) is 0 Å². The van der Waals surface area contributed by atoms with Crippen LogP contribution in [-0.4, -0.2) is 33.3 Å². The molecule has 0 saturated heterocycles. The summed E-state index contributed by atoms with van der Waals surface area (Å²) in [5, 5.41) is 9.94. The summed E-state index contributed by atoms with van der Waals surface area (Å²) < 4.78 is 11.3. The lowest BCUT2D eigenvalue weighted by molar-refractivity contribution is -0.155. The van der Waals surface area contributed by atoms with Gasteiger partial charge in [0.1, 0.15) is 12.1 Å². The van der Waals surface area contributed by atoms with E-state index in [9.17, 15) is 14.7 Å². The number of phenolic OH excluding ortho intramolecular Hbond substituents is 1. The maximum atomic E-state index is 12.4. The van der Waals surface area contributed by atoms with Crippen molar-refractivity contribution in [1.82, 2.24) is 9.55 Å². The minimum atomic E-state index is -0.625. The molecule has 1 aromatic carbocycles. The minimum absolute atomic E-state index is 0.105. The minimum Gasteiger partial charge on any atom is -0.504 e. The van der Waals surface area contributed by atoms with Crippen molar-refractivity contribution >= 4 is 16.9 Å². The number of benzene rings is 1. The van der Waals surface area contributed by atoms with Gasteiger partial charge in [0.2, 0.25) is 0 Å². The second-order valence-corrected chi connectivity index (χ2v) is 5.81. The van der Waals surface area contributed by atoms with E-state index in [2.05, 4.69) is 4.98 Å². The van der Waals surface area contributed by atoms with Crippen molar-refractivity contribution in [3.63, 3.8) is 0 Å². The summed E-state index contributed by atoms with van der Waals surface area (Å²) >= 11 is 0. The highest BCUT2D eigenvalue weighted by Gasteiger charge is 2.18. The summed E-state index contributed by atoms with van der Waals surface area (Å²) in [6, 6.07) is 2.74. The normalized spacial score (nSPS) is 11.5. The van der Waals surface area contributed by atoms with Gasteiger partial charge in [-0.3, -0.25) is 14.2 Å². The van der Waals surface area contributed by atoms with Crippen molar-refractivity contribution in [2.24, 2.45) is 0 Å². The van der Waals surface area contributed by atoms with Gasteiger partial charge < -0.3 is 14.6 Å². The molecular weight excluding hydrogens is 288 g/mol. The molecule has 2 rings (SSSR count). The summed E-state index contributed by atoms with van der Waals surface area (Å²) in [5.74, 6) is -0.463. The number of fused-ring (bicyclic) bond motifs is 1. The Morgan fingerprint density at radius 1 is 1.36 bits per heavy atom. The van der Waals surface area contributed by atoms with E-state index in [1.807, 2.05) is 0 Å². The second kappa shape index (κ2) is 5.67. The topological polar surface area (TPSA) is 90.7 Å². The predicted octanol–water partition coefficient (Wildman–Crippen LogP) is 1.45. The van der Waals surface area contributed by atoms with Crippen molar-refractivity contribution < 1.29 is 19.4 Å². The number of ether oxygens (including phenoxy) is 2. The molecule has 0 saturated carbocycles. The molecule has 0 spiro atoms. The number of rotatable bonds is 3. The molecular formula is C15H18N2O5. The van der Waals surface area contributed by atoms with Crippen LogP contribution in [0.3, 0.4) is 0 Å². The summed E-state index contributed by atoms with van der Waals surface area (Å²) in [4.78, 5) is 28.3. The first-order chi connectivity index (χ1) is 10.2. The SMILES string of the molecule is COc1cc2c(=O)n(CC(=O)OC(C)(C)C)cnc2cc1O. The van der Waals surface area contributed by atoms with Crippen LogP contribution in [-0.2, 0) is 16.1 Å². The van der Waals surface area contributed by atoms with Crippen molar-refractivity contribution in [3.8, 4) is 11.5 Å². The summed E-state index contributed by atoms with van der Waals surface area (Å²) in [5.41, 5.74) is -0.710. The van der Waals surface area contributed by atoms with Gasteiger partial charge in [-0.2, -0.15) is 0 Å². The molecule has 7 nitrogen and oxygen atoms in total. The van der Waals surface area contributed by atoms with Crippen molar-refractivity contribution in [2.45, 2.75) is 32.9 Å². The first-order valence-electron chi connectivity index (χ1n) is 6.69. The molecule has 0 fully saturated rings. The van der Waals surface area contributed by atoms with E-state index in [0.717, 1.165) is 4.57 Å². The number of aromatic nitrogens is 2. The van der Waals surface area contributed by atoms with Crippen molar-refractivity contribution in [1.29, 1.82) is 0 Å². The molecule has 2 aromatic rings. The predicted molar refractivity (Wildman–Crippen MR) is 80.1 cm³/mol. The van der Waals surface area contributed by atoms with E-state index in [4.69, 9.17) is 9.47 Å². The van der Waals surface area contributed by atoms with Crippen LogP contribution in [0.5, 0.6) is 11.5 Å². The standard InChI is InChI=1S/C15H18N2O5/c1-15(2,3)22-13(19)7-17-8-16-10-6-11(18)12(21-4)5-9(10)14(17)20/h5-6,8,18H,7H2,1-4H3. The largest absolute Gasteiger partial charge is 0.504 e. The number of carbonyl (C=O) groups is 1. The van der Waals surface area contributed by atoms with Gasteiger partial charge in [-0.1, -0.05) is 0 Å². The van der Waals surface area contributed by atoms with E-state index < -0.39 is 17.1 Å². The fourth-order valence-corrected chi connectivity index (χ4v) is 1.96. The first-order valence-corrected chi connectivity index (χ1v) is 6.69. The maximum absolute atomic E-state index is 12.4. The van der Waals surface area contributed by atoms with E-state index in [-0.39, 0.29) is 23.4 Å². The third kappa shape index (κ3) is 3.36. The highest BCUT2D eigenvalue weighted by Crippen LogP contribution is 2.28. The number of hydrogen-bond donors (Lipinski definition) is 1. The number of phenols is 1. The van der Waals surface area contributed by atoms with Gasteiger partial charge in [0.25, 0.3) is 5.56 Å². The van der Waals surface area contributed by atoms with E-state index >= 15 is 0 Å². The van der Waals surface area contributed by atoms with Crippen LogP contribution in [0.2, 0.25) is 0 Å². The Labute approximate surface area is 127 Å². The van der Waals surface area contributed by atoms with Crippen LogP contribution < -0.4 is 10.3 Å². The van der Waals surface area contributed by atoms with E-state index in [1.54, 1.807) is 20.8 Å². The summed E-state index contributed by atoms with van der Waals surface area (Å²) in [6.07, 6.45) is 1.25. The summed E-state index contributed by atoms with van der Waals surface area (Å²) in [6.45, 7) is 5.02. The average molecular weight is 306 g/mol. The molecule has 1 heterocycles. The quantitative estimate of drug-likeness (QED) is 0.863. The van der Waals surface area contributed by atoms with Gasteiger partial charge in [-0.05, 0) is 26.8 Å². The highest BCUT2D eigenvalue weighted by atomic mass is 16.6. The van der Waals surface area contributed by atoms with Crippen LogP contribution >= 0.6 is 0 Å². The monoisotopic (exact) mass is 306 g/mol. The highest BCUT2D eigenvalue weighted by molar-refractivity contribution is 5.81. The fourth-order valence-electron chi connectivity index (χ4n) is 1.96. The smallest absolute Gasteiger partial charge is 0.326 e. The molecule has 1 aromatic heterocycles. The zero-order valence-electron chi connectivity index (χ0n) is 12.9. The lowest BCUT2D eigenvalue weighted by Gasteiger charge is -2.19. The Morgan fingerprint density at radius 2 is 2.05 bits per heavy atom. The zero-order valence-corrected chi connectivity index (χ0v) is 12.9. The third-order valence-corrected chi connectivity index (χ3v) is 2.84. The summed E-state index contributed by atoms with van der Waals surface area (Å²) in [7, 11) is 1.39. The Bertz CT molecular complexity index is 774. The molecule has 7 heteroatoms.